The lowest BCUT2D eigenvalue weighted by Crippen LogP contribution is -2.29. The Morgan fingerprint density at radius 2 is 0.590 bits per heavy atom. The van der Waals surface area contributed by atoms with Crippen LogP contribution in [0.3, 0.4) is 0 Å². The SMILES string of the molecule is CC1(C)c2cc3c(cc2-c2oc4ccc(-c5ccccc5)cc4c21)C(C)(C)c1c-3oc2ccc(-c3ccccc3)cc12.CC1(C)c2cc3c(cc2-c2oc4ccc(Br)cc4c21)C(C)(C)c1c-3oc2ccc(Br)cc12.OB(O)c1ccccc1. The third-order valence-electron chi connectivity index (χ3n) is 18.5. The molecule has 0 saturated carbocycles. The zero-order valence-corrected chi connectivity index (χ0v) is 50.4. The van der Waals surface area contributed by atoms with Crippen molar-refractivity contribution in [3.63, 3.8) is 0 Å². The van der Waals surface area contributed by atoms with Crippen molar-refractivity contribution in [2.45, 2.75) is 77.0 Å². The molecule has 4 heterocycles. The Kier molecular flexibility index (Phi) is 11.4. The van der Waals surface area contributed by atoms with Crippen molar-refractivity contribution >= 4 is 88.3 Å². The molecule has 0 spiro atoms. The first-order valence-corrected chi connectivity index (χ1v) is 29.9. The minimum atomic E-state index is -1.34. The van der Waals surface area contributed by atoms with Crippen LogP contribution >= 0.6 is 31.9 Å². The molecule has 0 aliphatic heterocycles. The van der Waals surface area contributed by atoms with E-state index < -0.39 is 7.12 Å². The van der Waals surface area contributed by atoms with E-state index in [1.54, 1.807) is 24.3 Å². The molecule has 9 aromatic carbocycles. The smallest absolute Gasteiger partial charge is 0.456 e. The van der Waals surface area contributed by atoms with Crippen LogP contribution < -0.4 is 5.46 Å². The standard InChI is InChI=1S/C40H30O2.C28H20Br2O2.C6H7BO2/c1-39(2)31-21-28-32(22-27(31)37-35(39)29-19-25(15-17-33(29)41-37)23-11-7-5-8-12-23)40(3,4)36-30-20-26(24-13-9-6-10-14-24)16-18-34(30)42-38(28)36;1-27(2)19-11-16-20(12-15(19)25-23(27)17-9-13(29)5-7-21(17)31-25)28(3,4)24-18-10-14(30)6-8-22(18)32-26(16)24;8-7(9)6-4-2-1-3-5-6/h5-22H,1-4H3;5-12H,1-4H3;1-5,8-9H. The van der Waals surface area contributed by atoms with E-state index in [4.69, 9.17) is 27.7 Å². The number of hydrogen-bond acceptors (Lipinski definition) is 6. The first-order chi connectivity index (χ1) is 39.8. The molecule has 0 unspecified atom stereocenters. The molecule has 406 valence electrons. The molecule has 4 aliphatic rings. The van der Waals surface area contributed by atoms with Crippen LogP contribution in [0.5, 0.6) is 0 Å². The maximum atomic E-state index is 8.58. The summed E-state index contributed by atoms with van der Waals surface area (Å²) in [5, 5.41) is 21.9. The number of benzene rings is 9. The Labute approximate surface area is 498 Å². The molecule has 4 aromatic heterocycles. The van der Waals surface area contributed by atoms with Gasteiger partial charge in [-0.25, -0.2) is 0 Å². The van der Waals surface area contributed by atoms with Gasteiger partial charge in [0.05, 0.1) is 0 Å². The van der Waals surface area contributed by atoms with E-state index in [0.717, 1.165) is 54.3 Å². The van der Waals surface area contributed by atoms with Crippen molar-refractivity contribution in [1.82, 2.24) is 0 Å². The van der Waals surface area contributed by atoms with Gasteiger partial charge in [0.1, 0.15) is 45.4 Å². The van der Waals surface area contributed by atoms with Gasteiger partial charge in [0.15, 0.2) is 0 Å². The highest BCUT2D eigenvalue weighted by Crippen LogP contribution is 2.62. The molecule has 2 N–H and O–H groups in total. The number of furan rings is 4. The molecule has 4 aliphatic carbocycles. The average molecular weight is 1210 g/mol. The first-order valence-electron chi connectivity index (χ1n) is 28.3. The Bertz CT molecular complexity index is 4560. The molecule has 0 saturated heterocycles. The summed E-state index contributed by atoms with van der Waals surface area (Å²) in [4.78, 5) is 0. The van der Waals surface area contributed by atoms with Gasteiger partial charge in [-0.05, 0) is 135 Å². The molecule has 9 heteroatoms. The molecular formula is C74H57BBr2O6. The van der Waals surface area contributed by atoms with E-state index in [9.17, 15) is 0 Å². The molecule has 83 heavy (non-hydrogen) atoms. The van der Waals surface area contributed by atoms with Gasteiger partial charge in [-0.1, -0.05) is 190 Å². The van der Waals surface area contributed by atoms with Crippen LogP contribution in [-0.2, 0) is 21.7 Å². The topological polar surface area (TPSA) is 93.0 Å². The van der Waals surface area contributed by atoms with Crippen LogP contribution in [0.25, 0.3) is 111 Å². The molecule has 0 fully saturated rings. The Balaban J connectivity index is 0.000000126. The van der Waals surface area contributed by atoms with Gasteiger partial charge in [0, 0.05) is 96.7 Å². The molecule has 0 amide bonds. The van der Waals surface area contributed by atoms with Crippen LogP contribution in [0, 0.1) is 0 Å². The summed E-state index contributed by atoms with van der Waals surface area (Å²) in [6.45, 7) is 18.5. The quantitative estimate of drug-likeness (QED) is 0.171. The van der Waals surface area contributed by atoms with Gasteiger partial charge in [0.2, 0.25) is 0 Å². The second-order valence-electron chi connectivity index (χ2n) is 24.8. The zero-order chi connectivity index (χ0) is 57.2. The van der Waals surface area contributed by atoms with Crippen molar-refractivity contribution in [3.05, 3.63) is 242 Å². The number of rotatable bonds is 3. The summed E-state index contributed by atoms with van der Waals surface area (Å²) in [6, 6.07) is 65.1. The summed E-state index contributed by atoms with van der Waals surface area (Å²) in [5.41, 5.74) is 23.6. The number of halogens is 2. The molecular weight excluding hydrogens is 1160 g/mol. The second kappa shape index (κ2) is 18.3. The predicted octanol–water partition coefficient (Wildman–Crippen LogP) is 19.8. The van der Waals surface area contributed by atoms with E-state index in [0.29, 0.717) is 5.46 Å². The van der Waals surface area contributed by atoms with Crippen molar-refractivity contribution in [2.24, 2.45) is 0 Å². The Morgan fingerprint density at radius 1 is 0.313 bits per heavy atom. The highest BCUT2D eigenvalue weighted by Gasteiger charge is 2.48. The second-order valence-corrected chi connectivity index (χ2v) is 26.7. The van der Waals surface area contributed by atoms with Crippen molar-refractivity contribution < 1.29 is 27.7 Å². The van der Waals surface area contributed by atoms with Crippen LogP contribution in [-0.4, -0.2) is 17.2 Å². The fourth-order valence-corrected chi connectivity index (χ4v) is 15.1. The number of fused-ring (bicyclic) bond motifs is 20. The van der Waals surface area contributed by atoms with Crippen molar-refractivity contribution in [1.29, 1.82) is 0 Å². The van der Waals surface area contributed by atoms with Crippen LogP contribution in [0.15, 0.2) is 215 Å². The Morgan fingerprint density at radius 3 is 0.880 bits per heavy atom. The third kappa shape index (κ3) is 7.67. The average Bonchev–Trinajstić information content (AvgIpc) is 1.69. The monoisotopic (exact) mass is 1210 g/mol. The van der Waals surface area contributed by atoms with Crippen molar-refractivity contribution in [2.75, 3.05) is 0 Å². The molecule has 6 nitrogen and oxygen atoms in total. The summed E-state index contributed by atoms with van der Waals surface area (Å²) < 4.78 is 28.4. The molecule has 0 bridgehead atoms. The van der Waals surface area contributed by atoms with E-state index in [1.165, 1.54) is 111 Å². The van der Waals surface area contributed by atoms with E-state index in [1.807, 2.05) is 18.2 Å². The Hall–Kier alpha value is -7.92. The molecule has 0 atom stereocenters. The lowest BCUT2D eigenvalue weighted by atomic mass is 9.78. The summed E-state index contributed by atoms with van der Waals surface area (Å²) in [7, 11) is -1.34. The first kappa shape index (κ1) is 51.9. The minimum Gasteiger partial charge on any atom is -0.456 e. The highest BCUT2D eigenvalue weighted by atomic mass is 79.9. The molecule has 0 radical (unpaired) electrons. The van der Waals surface area contributed by atoms with Crippen LogP contribution in [0.1, 0.15) is 99.9 Å². The summed E-state index contributed by atoms with van der Waals surface area (Å²) in [5.74, 6) is 4.03. The summed E-state index contributed by atoms with van der Waals surface area (Å²) in [6.07, 6.45) is 0. The summed E-state index contributed by atoms with van der Waals surface area (Å²) >= 11 is 7.28. The highest BCUT2D eigenvalue weighted by molar-refractivity contribution is 9.10. The number of hydrogen-bond donors (Lipinski definition) is 2. The molecule has 13 aromatic rings. The largest absolute Gasteiger partial charge is 0.488 e. The van der Waals surface area contributed by atoms with Gasteiger partial charge in [-0.2, -0.15) is 0 Å². The lowest BCUT2D eigenvalue weighted by Gasteiger charge is -2.24. The fourth-order valence-electron chi connectivity index (χ4n) is 14.4. The lowest BCUT2D eigenvalue weighted by molar-refractivity contribution is 0.426. The molecule has 17 rings (SSSR count). The van der Waals surface area contributed by atoms with Gasteiger partial charge in [-0.15, -0.1) is 0 Å². The third-order valence-corrected chi connectivity index (χ3v) is 19.5. The fraction of sp³-hybridized carbons (Fsp3) is 0.162. The normalized spacial score (nSPS) is 15.4. The van der Waals surface area contributed by atoms with Crippen LogP contribution in [0.2, 0.25) is 0 Å². The predicted molar refractivity (Wildman–Crippen MR) is 345 cm³/mol. The van der Waals surface area contributed by atoms with E-state index in [-0.39, 0.29) is 21.7 Å². The van der Waals surface area contributed by atoms with Gasteiger partial charge >= 0.3 is 7.12 Å². The van der Waals surface area contributed by atoms with E-state index >= 15 is 0 Å². The minimum absolute atomic E-state index is 0.159. The maximum Gasteiger partial charge on any atom is 0.488 e. The van der Waals surface area contributed by atoms with Crippen LogP contribution in [0.4, 0.5) is 0 Å². The van der Waals surface area contributed by atoms with Gasteiger partial charge in [-0.3, -0.25) is 0 Å². The van der Waals surface area contributed by atoms with E-state index in [2.05, 4.69) is 233 Å². The van der Waals surface area contributed by atoms with Crippen molar-refractivity contribution in [3.8, 4) is 67.5 Å². The maximum absolute atomic E-state index is 8.58. The zero-order valence-electron chi connectivity index (χ0n) is 47.3. The van der Waals surface area contributed by atoms with Gasteiger partial charge in [0.25, 0.3) is 0 Å². The van der Waals surface area contributed by atoms with Gasteiger partial charge < -0.3 is 27.7 Å².